The van der Waals surface area contributed by atoms with Gasteiger partial charge in [-0.05, 0) is 38.7 Å². The van der Waals surface area contributed by atoms with Crippen molar-refractivity contribution >= 4 is 22.4 Å². The van der Waals surface area contributed by atoms with E-state index in [1.165, 1.54) is 4.31 Å². The number of benzene rings is 1. The zero-order chi connectivity index (χ0) is 14.6. The van der Waals surface area contributed by atoms with Gasteiger partial charge in [-0.15, -0.1) is 12.4 Å². The topological polar surface area (TPSA) is 66.6 Å². The summed E-state index contributed by atoms with van der Waals surface area (Å²) in [6, 6.07) is 6.76. The van der Waals surface area contributed by atoms with Crippen molar-refractivity contribution in [3.8, 4) is 0 Å². The van der Waals surface area contributed by atoms with Crippen LogP contribution in [0.3, 0.4) is 0 Å². The van der Waals surface area contributed by atoms with Crippen LogP contribution >= 0.6 is 12.4 Å². The monoisotopic (exact) mass is 321 g/mol. The van der Waals surface area contributed by atoms with Crippen LogP contribution in [0.5, 0.6) is 0 Å². The lowest BCUT2D eigenvalue weighted by Gasteiger charge is -2.23. The van der Waals surface area contributed by atoms with E-state index in [-0.39, 0.29) is 18.4 Å². The minimum atomic E-state index is -3.46. The Morgan fingerprint density at radius 3 is 2.05 bits per heavy atom. The highest BCUT2D eigenvalue weighted by molar-refractivity contribution is 7.89. The third-order valence-electron chi connectivity index (χ3n) is 3.06. The Morgan fingerprint density at radius 1 is 1.15 bits per heavy atom. The summed E-state index contributed by atoms with van der Waals surface area (Å²) in [6.07, 6.45) is 0. The van der Waals surface area contributed by atoms with Crippen molar-refractivity contribution in [3.05, 3.63) is 29.8 Å². The zero-order valence-electron chi connectivity index (χ0n) is 12.4. The predicted molar refractivity (Wildman–Crippen MR) is 84.5 cm³/mol. The molecule has 1 atom stereocenters. The summed E-state index contributed by atoms with van der Waals surface area (Å²) < 4.78 is 26.0. The lowest BCUT2D eigenvalue weighted by molar-refractivity contribution is 0.394. The molecule has 1 rings (SSSR count). The van der Waals surface area contributed by atoms with Crippen LogP contribution in [-0.4, -0.2) is 51.4 Å². The fourth-order valence-corrected chi connectivity index (χ4v) is 3.06. The van der Waals surface area contributed by atoms with Gasteiger partial charge in [0.05, 0.1) is 4.90 Å². The molecule has 1 unspecified atom stereocenters. The highest BCUT2D eigenvalue weighted by Gasteiger charge is 2.24. The molecule has 116 valence electrons. The van der Waals surface area contributed by atoms with Gasteiger partial charge < -0.3 is 10.6 Å². The molecule has 1 aromatic carbocycles. The zero-order valence-corrected chi connectivity index (χ0v) is 14.0. The number of nitrogens with zero attached hydrogens (tertiary/aromatic N) is 2. The van der Waals surface area contributed by atoms with Crippen molar-refractivity contribution < 1.29 is 8.42 Å². The van der Waals surface area contributed by atoms with Gasteiger partial charge in [-0.2, -0.15) is 4.31 Å². The first-order valence-corrected chi connectivity index (χ1v) is 7.64. The molecule has 0 heterocycles. The number of halogens is 1. The molecule has 1 aromatic rings. The number of rotatable bonds is 6. The van der Waals surface area contributed by atoms with E-state index in [0.29, 0.717) is 11.4 Å². The molecule has 0 fully saturated rings. The van der Waals surface area contributed by atoms with E-state index in [9.17, 15) is 8.42 Å². The maximum absolute atomic E-state index is 12.3. The van der Waals surface area contributed by atoms with E-state index in [2.05, 4.69) is 0 Å². The fraction of sp³-hybridized carbons (Fsp3) is 0.538. The number of nitrogens with two attached hydrogens (primary N) is 1. The second-order valence-electron chi connectivity index (χ2n) is 4.99. The standard InChI is InChI=1S/C13H23N3O2S.ClH/c1-11(9-14)16(4)19(17,18)13-7-5-12(6-8-13)10-15(2)3;/h5-8,11H,9-10,14H2,1-4H3;1H. The number of likely N-dealkylation sites (N-methyl/N-ethyl adjacent to an activating group) is 1. The second-order valence-corrected chi connectivity index (χ2v) is 6.99. The Balaban J connectivity index is 0.00000361. The van der Waals surface area contributed by atoms with Gasteiger partial charge in [-0.3, -0.25) is 0 Å². The minimum absolute atomic E-state index is 0. The first kappa shape index (κ1) is 19.3. The van der Waals surface area contributed by atoms with Crippen molar-refractivity contribution in [2.75, 3.05) is 27.7 Å². The number of sulfonamides is 1. The Labute approximate surface area is 128 Å². The molecular weight excluding hydrogens is 298 g/mol. The molecule has 0 radical (unpaired) electrons. The maximum Gasteiger partial charge on any atom is 0.243 e. The summed E-state index contributed by atoms with van der Waals surface area (Å²) in [4.78, 5) is 2.34. The summed E-state index contributed by atoms with van der Waals surface area (Å²) in [5.41, 5.74) is 6.60. The molecule has 0 saturated carbocycles. The Kier molecular flexibility index (Phi) is 7.69. The molecule has 0 bridgehead atoms. The van der Waals surface area contributed by atoms with Gasteiger partial charge in [0.15, 0.2) is 0 Å². The van der Waals surface area contributed by atoms with Gasteiger partial charge in [0.2, 0.25) is 10.0 Å². The highest BCUT2D eigenvalue weighted by atomic mass is 35.5. The molecule has 0 aliphatic heterocycles. The predicted octanol–water partition coefficient (Wildman–Crippen LogP) is 1.14. The van der Waals surface area contributed by atoms with E-state index in [1.807, 2.05) is 31.1 Å². The van der Waals surface area contributed by atoms with Gasteiger partial charge in [0, 0.05) is 26.2 Å². The molecular formula is C13H24ClN3O2S. The average molecular weight is 322 g/mol. The molecule has 0 spiro atoms. The SMILES string of the molecule is CC(CN)N(C)S(=O)(=O)c1ccc(CN(C)C)cc1.Cl. The fourth-order valence-electron chi connectivity index (χ4n) is 1.68. The van der Waals surface area contributed by atoms with Crippen LogP contribution in [0.1, 0.15) is 12.5 Å². The summed E-state index contributed by atoms with van der Waals surface area (Å²) in [5, 5.41) is 0. The van der Waals surface area contributed by atoms with Crippen LogP contribution in [0.25, 0.3) is 0 Å². The van der Waals surface area contributed by atoms with Gasteiger partial charge >= 0.3 is 0 Å². The summed E-state index contributed by atoms with van der Waals surface area (Å²) in [6.45, 7) is 2.88. The first-order valence-electron chi connectivity index (χ1n) is 6.20. The molecule has 0 saturated heterocycles. The minimum Gasteiger partial charge on any atom is -0.329 e. The summed E-state index contributed by atoms with van der Waals surface area (Å²) >= 11 is 0. The second kappa shape index (κ2) is 7.95. The van der Waals surface area contributed by atoms with Crippen molar-refractivity contribution in [1.82, 2.24) is 9.21 Å². The van der Waals surface area contributed by atoms with Crippen LogP contribution in [0, 0.1) is 0 Å². The third kappa shape index (κ3) is 4.71. The lowest BCUT2D eigenvalue weighted by Crippen LogP contribution is -2.39. The summed E-state index contributed by atoms with van der Waals surface area (Å²) in [5.74, 6) is 0. The maximum atomic E-state index is 12.3. The molecule has 0 aliphatic rings. The molecule has 5 nitrogen and oxygen atoms in total. The Morgan fingerprint density at radius 2 is 1.65 bits per heavy atom. The number of hydrogen-bond donors (Lipinski definition) is 1. The van der Waals surface area contributed by atoms with Crippen LogP contribution in [0.4, 0.5) is 0 Å². The molecule has 0 aliphatic carbocycles. The van der Waals surface area contributed by atoms with Gasteiger partial charge in [-0.1, -0.05) is 12.1 Å². The molecule has 2 N–H and O–H groups in total. The number of hydrogen-bond acceptors (Lipinski definition) is 4. The molecule has 0 aromatic heterocycles. The largest absolute Gasteiger partial charge is 0.329 e. The van der Waals surface area contributed by atoms with E-state index in [1.54, 1.807) is 26.1 Å². The molecule has 20 heavy (non-hydrogen) atoms. The van der Waals surface area contributed by atoms with Gasteiger partial charge in [-0.25, -0.2) is 8.42 Å². The average Bonchev–Trinajstić information content (AvgIpc) is 2.36. The quantitative estimate of drug-likeness (QED) is 0.853. The van der Waals surface area contributed by atoms with Crippen molar-refractivity contribution in [1.29, 1.82) is 0 Å². The van der Waals surface area contributed by atoms with E-state index in [0.717, 1.165) is 12.1 Å². The van der Waals surface area contributed by atoms with E-state index < -0.39 is 10.0 Å². The van der Waals surface area contributed by atoms with Crippen molar-refractivity contribution in [2.24, 2.45) is 5.73 Å². The van der Waals surface area contributed by atoms with Crippen LogP contribution < -0.4 is 5.73 Å². The van der Waals surface area contributed by atoms with E-state index >= 15 is 0 Å². The smallest absolute Gasteiger partial charge is 0.243 e. The molecule has 0 amide bonds. The Hall–Kier alpha value is -0.660. The first-order chi connectivity index (χ1) is 8.78. The van der Waals surface area contributed by atoms with Gasteiger partial charge in [0.1, 0.15) is 0 Å². The highest BCUT2D eigenvalue weighted by Crippen LogP contribution is 2.17. The third-order valence-corrected chi connectivity index (χ3v) is 5.05. The van der Waals surface area contributed by atoms with Crippen LogP contribution in [-0.2, 0) is 16.6 Å². The van der Waals surface area contributed by atoms with Crippen LogP contribution in [0.15, 0.2) is 29.2 Å². The Bertz CT molecular complexity index is 503. The normalized spacial score (nSPS) is 13.3. The van der Waals surface area contributed by atoms with Crippen molar-refractivity contribution in [3.63, 3.8) is 0 Å². The van der Waals surface area contributed by atoms with Gasteiger partial charge in [0.25, 0.3) is 0 Å². The molecule has 7 heteroatoms. The summed E-state index contributed by atoms with van der Waals surface area (Å²) in [7, 11) is 2.05. The lowest BCUT2D eigenvalue weighted by atomic mass is 10.2. The van der Waals surface area contributed by atoms with Crippen molar-refractivity contribution in [2.45, 2.75) is 24.4 Å². The van der Waals surface area contributed by atoms with E-state index in [4.69, 9.17) is 5.73 Å². The van der Waals surface area contributed by atoms with Crippen LogP contribution in [0.2, 0.25) is 0 Å².